The third-order valence-corrected chi connectivity index (χ3v) is 7.18. The van der Waals surface area contributed by atoms with Crippen LogP contribution in [0.1, 0.15) is 57.0 Å². The first-order valence-corrected chi connectivity index (χ1v) is 13.0. The predicted molar refractivity (Wildman–Crippen MR) is 144 cm³/mol. The van der Waals surface area contributed by atoms with Gasteiger partial charge >= 0.3 is 23.8 Å². The molecular formula is C27H24ClN3O6S. The van der Waals surface area contributed by atoms with Crippen LogP contribution in [-0.2, 0) is 27.2 Å². The molecule has 2 aromatic carbocycles. The number of hydrogen-bond acceptors (Lipinski definition) is 8. The number of nitrogens with one attached hydrogen (secondary N) is 2. The molecule has 1 aromatic heterocycles. The second-order valence-corrected chi connectivity index (χ2v) is 9.81. The van der Waals surface area contributed by atoms with Gasteiger partial charge in [0.2, 0.25) is 0 Å². The lowest BCUT2D eigenvalue weighted by Crippen LogP contribution is -2.33. The van der Waals surface area contributed by atoms with Gasteiger partial charge in [0.15, 0.2) is 0 Å². The van der Waals surface area contributed by atoms with Gasteiger partial charge in [-0.2, -0.15) is 5.10 Å². The van der Waals surface area contributed by atoms with Crippen molar-refractivity contribution in [3.8, 4) is 5.75 Å². The highest BCUT2D eigenvalue weighted by Gasteiger charge is 2.29. The van der Waals surface area contributed by atoms with Crippen molar-refractivity contribution in [1.82, 2.24) is 5.43 Å². The number of amides is 2. The minimum atomic E-state index is -1.02. The standard InChI is InChI=1S/C27H24ClN3O6S/c1-3-36-27(35)22-19-8-6-10-21(19)38-25(22)29-23(32)24(33)31-30-15(2)18-7-4-5-9-20(18)37-26(34)16-11-13-17(28)14-12-16/h4-5,7,9,11-14H,3,6,8,10H2,1-2H3,(H,29,32)(H,31,33)/b30-15+. The Morgan fingerprint density at radius 3 is 2.47 bits per heavy atom. The highest BCUT2D eigenvalue weighted by Crippen LogP contribution is 2.39. The van der Waals surface area contributed by atoms with E-state index in [1.54, 1.807) is 62.4 Å². The second-order valence-electron chi connectivity index (χ2n) is 8.27. The van der Waals surface area contributed by atoms with Crippen LogP contribution in [0.4, 0.5) is 5.00 Å². The van der Waals surface area contributed by atoms with Gasteiger partial charge in [0, 0.05) is 15.5 Å². The number of nitrogens with zero attached hydrogens (tertiary/aromatic N) is 1. The smallest absolute Gasteiger partial charge is 0.343 e. The quantitative estimate of drug-likeness (QED) is 0.143. The Morgan fingerprint density at radius 2 is 1.74 bits per heavy atom. The van der Waals surface area contributed by atoms with Crippen molar-refractivity contribution < 1.29 is 28.7 Å². The maximum atomic E-state index is 12.6. The fraction of sp³-hybridized carbons (Fsp3) is 0.222. The van der Waals surface area contributed by atoms with E-state index in [1.807, 2.05) is 0 Å². The lowest BCUT2D eigenvalue weighted by atomic mass is 10.1. The van der Waals surface area contributed by atoms with Crippen molar-refractivity contribution in [2.45, 2.75) is 33.1 Å². The van der Waals surface area contributed by atoms with Crippen molar-refractivity contribution in [3.05, 3.63) is 80.7 Å². The second kappa shape index (κ2) is 12.0. The summed E-state index contributed by atoms with van der Waals surface area (Å²) in [5.74, 6) is -2.90. The Morgan fingerprint density at radius 1 is 1.00 bits per heavy atom. The van der Waals surface area contributed by atoms with Crippen molar-refractivity contribution in [1.29, 1.82) is 0 Å². The third-order valence-electron chi connectivity index (χ3n) is 5.72. The van der Waals surface area contributed by atoms with Gasteiger partial charge in [-0.15, -0.1) is 11.3 Å². The predicted octanol–water partition coefficient (Wildman–Crippen LogP) is 4.77. The summed E-state index contributed by atoms with van der Waals surface area (Å²) >= 11 is 7.14. The zero-order chi connectivity index (χ0) is 27.2. The molecule has 1 aliphatic carbocycles. The van der Waals surface area contributed by atoms with Gasteiger partial charge in [-0.25, -0.2) is 15.0 Å². The number of hydrazone groups is 1. The number of hydrogen-bond donors (Lipinski definition) is 2. The fourth-order valence-electron chi connectivity index (χ4n) is 3.92. The lowest BCUT2D eigenvalue weighted by molar-refractivity contribution is -0.136. The van der Waals surface area contributed by atoms with E-state index in [0.717, 1.165) is 23.3 Å². The number of anilines is 1. The SMILES string of the molecule is CCOC(=O)c1c(NC(=O)C(=O)N/N=C(\C)c2ccccc2OC(=O)c2ccc(Cl)cc2)sc2c1CCC2. The molecule has 0 bridgehead atoms. The molecule has 1 heterocycles. The summed E-state index contributed by atoms with van der Waals surface area (Å²) in [6, 6.07) is 12.9. The molecule has 0 saturated heterocycles. The Hall–Kier alpha value is -4.02. The molecule has 11 heteroatoms. The first kappa shape index (κ1) is 27.0. The highest BCUT2D eigenvalue weighted by molar-refractivity contribution is 7.17. The molecule has 2 amide bonds. The van der Waals surface area contributed by atoms with Crippen LogP contribution in [0.25, 0.3) is 0 Å². The molecule has 4 rings (SSSR count). The maximum absolute atomic E-state index is 12.6. The van der Waals surface area contributed by atoms with Crippen LogP contribution < -0.4 is 15.5 Å². The molecule has 0 unspecified atom stereocenters. The Bertz CT molecular complexity index is 1430. The van der Waals surface area contributed by atoms with Gasteiger partial charge in [-0.3, -0.25) is 9.59 Å². The molecule has 0 radical (unpaired) electrons. The molecule has 0 fully saturated rings. The number of carbonyl (C=O) groups excluding carboxylic acids is 4. The number of ether oxygens (including phenoxy) is 2. The van der Waals surface area contributed by atoms with Crippen LogP contribution in [0.2, 0.25) is 5.02 Å². The molecule has 1 aliphatic rings. The normalized spacial score (nSPS) is 12.4. The van der Waals surface area contributed by atoms with Crippen LogP contribution in [0.15, 0.2) is 53.6 Å². The number of fused-ring (bicyclic) bond motifs is 1. The number of rotatable bonds is 7. The number of benzene rings is 2. The number of para-hydroxylation sites is 1. The van der Waals surface area contributed by atoms with Gasteiger partial charge in [0.25, 0.3) is 0 Å². The molecular weight excluding hydrogens is 530 g/mol. The summed E-state index contributed by atoms with van der Waals surface area (Å²) in [6.07, 6.45) is 2.44. The van der Waals surface area contributed by atoms with Crippen molar-refractivity contribution in [2.75, 3.05) is 11.9 Å². The van der Waals surface area contributed by atoms with Gasteiger partial charge < -0.3 is 14.8 Å². The topological polar surface area (TPSA) is 123 Å². The summed E-state index contributed by atoms with van der Waals surface area (Å²) in [4.78, 5) is 51.1. The van der Waals surface area contributed by atoms with E-state index < -0.39 is 23.8 Å². The number of thiophene rings is 1. The zero-order valence-electron chi connectivity index (χ0n) is 20.6. The van der Waals surface area contributed by atoms with Crippen molar-refractivity contribution >= 4 is 57.4 Å². The van der Waals surface area contributed by atoms with E-state index in [2.05, 4.69) is 15.8 Å². The van der Waals surface area contributed by atoms with Gasteiger partial charge in [-0.05, 0) is 75.1 Å². The molecule has 196 valence electrons. The Balaban J connectivity index is 1.44. The molecule has 2 N–H and O–H groups in total. The maximum Gasteiger partial charge on any atom is 0.343 e. The van der Waals surface area contributed by atoms with Crippen LogP contribution in [0.3, 0.4) is 0 Å². The summed E-state index contributed by atoms with van der Waals surface area (Å²) in [5, 5.41) is 7.30. The number of esters is 2. The number of halogens is 1. The number of aryl methyl sites for hydroxylation is 1. The van der Waals surface area contributed by atoms with E-state index in [0.29, 0.717) is 33.8 Å². The lowest BCUT2D eigenvalue weighted by Gasteiger charge is -2.10. The molecule has 3 aromatic rings. The van der Waals surface area contributed by atoms with Gasteiger partial charge in [0.1, 0.15) is 10.8 Å². The van der Waals surface area contributed by atoms with E-state index in [1.165, 1.54) is 11.3 Å². The minimum Gasteiger partial charge on any atom is -0.462 e. The van der Waals surface area contributed by atoms with E-state index in [-0.39, 0.29) is 17.4 Å². The van der Waals surface area contributed by atoms with E-state index >= 15 is 0 Å². The van der Waals surface area contributed by atoms with Crippen molar-refractivity contribution in [3.63, 3.8) is 0 Å². The highest BCUT2D eigenvalue weighted by atomic mass is 35.5. The van der Waals surface area contributed by atoms with E-state index in [4.69, 9.17) is 21.1 Å². The van der Waals surface area contributed by atoms with Gasteiger partial charge in [-0.1, -0.05) is 23.7 Å². The average molecular weight is 554 g/mol. The number of carbonyl (C=O) groups is 4. The van der Waals surface area contributed by atoms with Crippen LogP contribution in [0, 0.1) is 0 Å². The van der Waals surface area contributed by atoms with Crippen LogP contribution in [-0.4, -0.2) is 36.1 Å². The molecule has 38 heavy (non-hydrogen) atoms. The largest absolute Gasteiger partial charge is 0.462 e. The van der Waals surface area contributed by atoms with Crippen LogP contribution in [0.5, 0.6) is 5.75 Å². The Kier molecular flexibility index (Phi) is 8.55. The Labute approximate surface area is 227 Å². The summed E-state index contributed by atoms with van der Waals surface area (Å²) in [7, 11) is 0. The first-order chi connectivity index (χ1) is 18.3. The average Bonchev–Trinajstić information content (AvgIpc) is 3.48. The first-order valence-electron chi connectivity index (χ1n) is 11.8. The van der Waals surface area contributed by atoms with E-state index in [9.17, 15) is 19.2 Å². The summed E-state index contributed by atoms with van der Waals surface area (Å²) in [5.41, 5.74) is 4.43. The molecule has 9 nitrogen and oxygen atoms in total. The fourth-order valence-corrected chi connectivity index (χ4v) is 5.31. The summed E-state index contributed by atoms with van der Waals surface area (Å²) < 4.78 is 10.7. The molecule has 0 saturated carbocycles. The van der Waals surface area contributed by atoms with Gasteiger partial charge in [0.05, 0.1) is 23.4 Å². The molecule has 0 aliphatic heterocycles. The zero-order valence-corrected chi connectivity index (χ0v) is 22.2. The molecule has 0 spiro atoms. The monoisotopic (exact) mass is 553 g/mol. The van der Waals surface area contributed by atoms with Crippen LogP contribution >= 0.6 is 22.9 Å². The van der Waals surface area contributed by atoms with Crippen molar-refractivity contribution in [2.24, 2.45) is 5.10 Å². The third kappa shape index (κ3) is 6.09. The molecule has 0 atom stereocenters. The summed E-state index contributed by atoms with van der Waals surface area (Å²) in [6.45, 7) is 3.49. The minimum absolute atomic E-state index is 0.196.